The zero-order valence-corrected chi connectivity index (χ0v) is 8.21. The largest absolute Gasteiger partial charge is 0.392 e. The Hall–Kier alpha value is -0.300. The Kier molecular flexibility index (Phi) is 3.33. The third-order valence-corrected chi connectivity index (χ3v) is 3.06. The quantitative estimate of drug-likeness (QED) is 0.629. The minimum atomic E-state index is -0.124. The first kappa shape index (κ1) is 9.79. The van der Waals surface area contributed by atoms with Crippen molar-refractivity contribution in [1.29, 1.82) is 0 Å². The number of aliphatic hydroxyl groups excluding tert-OH is 1. The molecule has 0 radical (unpaired) electrons. The van der Waals surface area contributed by atoms with Gasteiger partial charge in [-0.1, -0.05) is 26.0 Å². The third kappa shape index (κ3) is 2.10. The summed E-state index contributed by atoms with van der Waals surface area (Å²) in [5.41, 5.74) is 1.23. The molecule has 1 rings (SSSR count). The lowest BCUT2D eigenvalue weighted by Crippen LogP contribution is -2.29. The molecule has 12 heavy (non-hydrogen) atoms. The molecule has 0 spiro atoms. The monoisotopic (exact) mass is 168 g/mol. The lowest BCUT2D eigenvalue weighted by Gasteiger charge is -2.32. The van der Waals surface area contributed by atoms with Crippen LogP contribution in [0.2, 0.25) is 0 Å². The van der Waals surface area contributed by atoms with Gasteiger partial charge in [-0.05, 0) is 31.6 Å². The Bertz CT molecular complexity index is 162. The van der Waals surface area contributed by atoms with Crippen molar-refractivity contribution in [2.45, 2.75) is 45.6 Å². The summed E-state index contributed by atoms with van der Waals surface area (Å²) in [6.45, 7) is 8.35. The Labute approximate surface area is 75.5 Å². The highest BCUT2D eigenvalue weighted by Crippen LogP contribution is 2.33. The van der Waals surface area contributed by atoms with Crippen LogP contribution in [-0.2, 0) is 0 Å². The van der Waals surface area contributed by atoms with Gasteiger partial charge in [0, 0.05) is 5.92 Å². The Balaban J connectivity index is 2.50. The minimum Gasteiger partial charge on any atom is -0.392 e. The number of hydrogen-bond acceptors (Lipinski definition) is 1. The number of hydrogen-bond donors (Lipinski definition) is 1. The molecule has 1 fully saturated rings. The van der Waals surface area contributed by atoms with Crippen molar-refractivity contribution in [2.24, 2.45) is 11.8 Å². The second-order valence-electron chi connectivity index (χ2n) is 4.10. The highest BCUT2D eigenvalue weighted by Gasteiger charge is 2.27. The van der Waals surface area contributed by atoms with Gasteiger partial charge in [-0.25, -0.2) is 0 Å². The maximum Gasteiger partial charge on any atom is 0.0607 e. The second-order valence-corrected chi connectivity index (χ2v) is 4.10. The predicted molar refractivity (Wildman–Crippen MR) is 51.9 cm³/mol. The van der Waals surface area contributed by atoms with Crippen molar-refractivity contribution in [1.82, 2.24) is 0 Å². The van der Waals surface area contributed by atoms with E-state index in [0.717, 1.165) is 19.3 Å². The van der Waals surface area contributed by atoms with E-state index in [1.165, 1.54) is 12.0 Å². The third-order valence-electron chi connectivity index (χ3n) is 3.06. The van der Waals surface area contributed by atoms with E-state index in [2.05, 4.69) is 20.4 Å². The van der Waals surface area contributed by atoms with Crippen molar-refractivity contribution < 1.29 is 5.11 Å². The van der Waals surface area contributed by atoms with Crippen molar-refractivity contribution in [2.75, 3.05) is 0 Å². The lowest BCUT2D eigenvalue weighted by atomic mass is 9.77. The predicted octanol–water partition coefficient (Wildman–Crippen LogP) is 2.75. The summed E-state index contributed by atoms with van der Waals surface area (Å²) in [5, 5.41) is 9.78. The minimum absolute atomic E-state index is 0.124. The molecule has 0 aromatic heterocycles. The maximum atomic E-state index is 9.78. The molecular weight excluding hydrogens is 148 g/mol. The molecule has 1 nitrogen and oxygen atoms in total. The molecule has 70 valence electrons. The first-order valence-corrected chi connectivity index (χ1v) is 5.00. The highest BCUT2D eigenvalue weighted by molar-refractivity contribution is 5.04. The molecule has 1 aliphatic carbocycles. The summed E-state index contributed by atoms with van der Waals surface area (Å²) < 4.78 is 0. The van der Waals surface area contributed by atoms with Crippen LogP contribution in [-0.4, -0.2) is 11.2 Å². The van der Waals surface area contributed by atoms with Crippen molar-refractivity contribution in [3.05, 3.63) is 12.2 Å². The molecule has 0 saturated heterocycles. The van der Waals surface area contributed by atoms with Gasteiger partial charge >= 0.3 is 0 Å². The molecule has 1 heteroatoms. The fourth-order valence-electron chi connectivity index (χ4n) is 2.09. The fourth-order valence-corrected chi connectivity index (χ4v) is 2.09. The van der Waals surface area contributed by atoms with E-state index in [9.17, 15) is 5.11 Å². The molecule has 1 N–H and O–H groups in total. The fraction of sp³-hybridized carbons (Fsp3) is 0.818. The molecule has 1 aliphatic rings. The van der Waals surface area contributed by atoms with E-state index in [1.54, 1.807) is 0 Å². The summed E-state index contributed by atoms with van der Waals surface area (Å²) in [6.07, 6.45) is 4.23. The van der Waals surface area contributed by atoms with Crippen molar-refractivity contribution >= 4 is 0 Å². The van der Waals surface area contributed by atoms with Crippen LogP contribution >= 0.6 is 0 Å². The van der Waals surface area contributed by atoms with E-state index in [0.29, 0.717) is 11.8 Å². The maximum absolute atomic E-state index is 9.78. The Morgan fingerprint density at radius 1 is 1.50 bits per heavy atom. The highest BCUT2D eigenvalue weighted by atomic mass is 16.3. The van der Waals surface area contributed by atoms with E-state index >= 15 is 0 Å². The first-order valence-electron chi connectivity index (χ1n) is 5.00. The van der Waals surface area contributed by atoms with Gasteiger partial charge in [0.2, 0.25) is 0 Å². The molecule has 0 heterocycles. The van der Waals surface area contributed by atoms with Crippen LogP contribution in [0.4, 0.5) is 0 Å². The van der Waals surface area contributed by atoms with Gasteiger partial charge in [0.25, 0.3) is 0 Å². The van der Waals surface area contributed by atoms with Crippen LogP contribution in [0.3, 0.4) is 0 Å². The van der Waals surface area contributed by atoms with Crippen LogP contribution in [0.1, 0.15) is 39.5 Å². The molecule has 0 aliphatic heterocycles. The molecule has 0 aromatic carbocycles. The van der Waals surface area contributed by atoms with Crippen molar-refractivity contribution in [3.8, 4) is 0 Å². The van der Waals surface area contributed by atoms with Crippen LogP contribution in [0.15, 0.2) is 12.2 Å². The van der Waals surface area contributed by atoms with E-state index in [4.69, 9.17) is 0 Å². The smallest absolute Gasteiger partial charge is 0.0607 e. The average molecular weight is 168 g/mol. The molecule has 3 unspecified atom stereocenters. The van der Waals surface area contributed by atoms with Gasteiger partial charge in [0.15, 0.2) is 0 Å². The first-order chi connectivity index (χ1) is 5.65. The summed E-state index contributed by atoms with van der Waals surface area (Å²) in [4.78, 5) is 0. The summed E-state index contributed by atoms with van der Waals surface area (Å²) in [7, 11) is 0. The van der Waals surface area contributed by atoms with E-state index < -0.39 is 0 Å². The van der Waals surface area contributed by atoms with Crippen LogP contribution in [0.25, 0.3) is 0 Å². The number of aliphatic hydroxyl groups is 1. The zero-order valence-electron chi connectivity index (χ0n) is 8.21. The van der Waals surface area contributed by atoms with Gasteiger partial charge in [0.1, 0.15) is 0 Å². The normalized spacial score (nSPS) is 36.4. The summed E-state index contributed by atoms with van der Waals surface area (Å²) >= 11 is 0. The Morgan fingerprint density at radius 2 is 2.17 bits per heavy atom. The number of rotatable bonds is 2. The van der Waals surface area contributed by atoms with Gasteiger partial charge in [-0.3, -0.25) is 0 Å². The van der Waals surface area contributed by atoms with Gasteiger partial charge < -0.3 is 5.11 Å². The SMILES string of the molecule is C=C(CC)C1CCC(C)CC1O. The van der Waals surface area contributed by atoms with Gasteiger partial charge in [-0.2, -0.15) is 0 Å². The van der Waals surface area contributed by atoms with Crippen LogP contribution in [0, 0.1) is 11.8 Å². The van der Waals surface area contributed by atoms with Crippen LogP contribution < -0.4 is 0 Å². The van der Waals surface area contributed by atoms with Crippen LogP contribution in [0.5, 0.6) is 0 Å². The molecule has 0 bridgehead atoms. The summed E-state index contributed by atoms with van der Waals surface area (Å²) in [5.74, 6) is 1.08. The second kappa shape index (κ2) is 4.08. The molecular formula is C11H20O. The molecule has 0 amide bonds. The van der Waals surface area contributed by atoms with Crippen molar-refractivity contribution in [3.63, 3.8) is 0 Å². The molecule has 1 saturated carbocycles. The lowest BCUT2D eigenvalue weighted by molar-refractivity contribution is 0.0644. The zero-order chi connectivity index (χ0) is 9.14. The topological polar surface area (TPSA) is 20.2 Å². The Morgan fingerprint density at radius 3 is 2.67 bits per heavy atom. The molecule has 0 aromatic rings. The van der Waals surface area contributed by atoms with E-state index in [-0.39, 0.29) is 6.10 Å². The summed E-state index contributed by atoms with van der Waals surface area (Å²) in [6, 6.07) is 0. The molecule has 3 atom stereocenters. The standard InChI is InChI=1S/C11H20O/c1-4-9(3)10-6-5-8(2)7-11(10)12/h8,10-12H,3-7H2,1-2H3. The van der Waals surface area contributed by atoms with Gasteiger partial charge in [0.05, 0.1) is 6.10 Å². The van der Waals surface area contributed by atoms with E-state index in [1.807, 2.05) is 0 Å². The van der Waals surface area contributed by atoms with Gasteiger partial charge in [-0.15, -0.1) is 0 Å². The average Bonchev–Trinajstić information content (AvgIpc) is 2.03.